The van der Waals surface area contributed by atoms with Crippen LogP contribution in [-0.2, 0) is 0 Å². The van der Waals surface area contributed by atoms with Crippen LogP contribution in [0, 0.1) is 0 Å². The van der Waals surface area contributed by atoms with E-state index in [1.165, 1.54) is 19.3 Å². The molecule has 0 N–H and O–H groups in total. The summed E-state index contributed by atoms with van der Waals surface area (Å²) in [5.74, 6) is 0.975. The molecule has 0 spiro atoms. The largest absolute Gasteiger partial charge is 0.355 e. The van der Waals surface area contributed by atoms with Crippen LogP contribution in [0.4, 0.5) is 5.82 Å². The van der Waals surface area contributed by atoms with Crippen molar-refractivity contribution in [2.75, 3.05) is 18.0 Å². The molecule has 0 atom stereocenters. The number of nitrogens with zero attached hydrogens (tertiary/aromatic N) is 3. The van der Waals surface area contributed by atoms with Gasteiger partial charge in [0.05, 0.1) is 17.2 Å². The van der Waals surface area contributed by atoms with Gasteiger partial charge in [0.15, 0.2) is 0 Å². The van der Waals surface area contributed by atoms with Crippen molar-refractivity contribution in [1.82, 2.24) is 9.97 Å². The molecule has 3 nitrogen and oxygen atoms in total. The van der Waals surface area contributed by atoms with E-state index in [0.29, 0.717) is 0 Å². The van der Waals surface area contributed by atoms with Gasteiger partial charge >= 0.3 is 0 Å². The van der Waals surface area contributed by atoms with Crippen LogP contribution in [-0.4, -0.2) is 30.9 Å². The summed E-state index contributed by atoms with van der Waals surface area (Å²) in [5, 5.41) is 0. The lowest BCUT2D eigenvalue weighted by molar-refractivity contribution is 0.573. The van der Waals surface area contributed by atoms with Gasteiger partial charge in [-0.1, -0.05) is 11.5 Å². The second-order valence-electron chi connectivity index (χ2n) is 4.52. The first-order chi connectivity index (χ1) is 8.33. The first-order valence-electron chi connectivity index (χ1n) is 6.10. The number of hydrogen-bond acceptors (Lipinski definition) is 3. The van der Waals surface area contributed by atoms with Crippen LogP contribution >= 0.6 is 0 Å². The Balaban J connectivity index is 1.99. The van der Waals surface area contributed by atoms with Gasteiger partial charge < -0.3 is 4.90 Å². The average molecular weight is 223 g/mol. The van der Waals surface area contributed by atoms with E-state index in [1.54, 1.807) is 0 Å². The smallest absolute Gasteiger partial charge is 0.147 e. The van der Waals surface area contributed by atoms with Gasteiger partial charge in [-0.3, -0.25) is 4.98 Å². The summed E-state index contributed by atoms with van der Waals surface area (Å²) in [6.45, 7) is 2.17. The predicted octanol–water partition coefficient (Wildman–Crippen LogP) is 1.41. The number of fused-ring (bicyclic) bond motifs is 1. The first kappa shape index (κ1) is 10.6. The number of hydrogen-bond donors (Lipinski definition) is 0. The monoisotopic (exact) mass is 223 g/mol. The van der Waals surface area contributed by atoms with Crippen molar-refractivity contribution in [2.45, 2.75) is 19.3 Å². The Morgan fingerprint density at radius 2 is 1.88 bits per heavy atom. The molecular formula is C13H14BN3. The topological polar surface area (TPSA) is 29.0 Å². The molecule has 17 heavy (non-hydrogen) atoms. The Kier molecular flexibility index (Phi) is 2.71. The molecule has 0 saturated carbocycles. The maximum Gasteiger partial charge on any atom is 0.147 e. The molecule has 2 aromatic rings. The standard InChI is InChI=1S/C13H14BN3/c14-10-4-5-11-12(8-10)16-13(9-15-11)17-6-2-1-3-7-17/h4-5,8-9H,1-3,6-7H2. The Morgan fingerprint density at radius 3 is 2.71 bits per heavy atom. The molecule has 2 radical (unpaired) electrons. The number of anilines is 1. The van der Waals surface area contributed by atoms with Crippen molar-refractivity contribution >= 4 is 30.2 Å². The van der Waals surface area contributed by atoms with Crippen molar-refractivity contribution in [3.05, 3.63) is 24.4 Å². The van der Waals surface area contributed by atoms with E-state index < -0.39 is 0 Å². The fourth-order valence-electron chi connectivity index (χ4n) is 2.29. The Morgan fingerprint density at radius 1 is 1.06 bits per heavy atom. The van der Waals surface area contributed by atoms with Crippen molar-refractivity contribution in [3.63, 3.8) is 0 Å². The minimum absolute atomic E-state index is 0.739. The fraction of sp³-hybridized carbons (Fsp3) is 0.385. The van der Waals surface area contributed by atoms with Crippen LogP contribution in [0.2, 0.25) is 0 Å². The molecule has 1 fully saturated rings. The van der Waals surface area contributed by atoms with E-state index in [-0.39, 0.29) is 0 Å². The summed E-state index contributed by atoms with van der Waals surface area (Å²) in [6, 6.07) is 5.66. The molecule has 1 aromatic heterocycles. The van der Waals surface area contributed by atoms with Gasteiger partial charge in [0.2, 0.25) is 0 Å². The number of aromatic nitrogens is 2. The Bertz CT molecular complexity index is 535. The van der Waals surface area contributed by atoms with Crippen molar-refractivity contribution in [2.24, 2.45) is 0 Å². The molecule has 4 heteroatoms. The maximum absolute atomic E-state index is 5.77. The number of rotatable bonds is 1. The quantitative estimate of drug-likeness (QED) is 0.684. The second kappa shape index (κ2) is 4.36. The summed E-state index contributed by atoms with van der Waals surface area (Å²) in [6.07, 6.45) is 5.68. The molecule has 1 aliphatic heterocycles. The van der Waals surface area contributed by atoms with Crippen LogP contribution in [0.15, 0.2) is 24.4 Å². The molecule has 2 heterocycles. The predicted molar refractivity (Wildman–Crippen MR) is 71.0 cm³/mol. The molecule has 0 amide bonds. The lowest BCUT2D eigenvalue weighted by atomic mass is 9.96. The maximum atomic E-state index is 5.77. The average Bonchev–Trinajstić information content (AvgIpc) is 2.39. The molecule has 1 saturated heterocycles. The van der Waals surface area contributed by atoms with E-state index in [9.17, 15) is 0 Å². The van der Waals surface area contributed by atoms with Gasteiger partial charge in [0.25, 0.3) is 0 Å². The van der Waals surface area contributed by atoms with Gasteiger partial charge in [-0.05, 0) is 31.4 Å². The zero-order valence-corrected chi connectivity index (χ0v) is 9.76. The lowest BCUT2D eigenvalue weighted by Gasteiger charge is -2.27. The van der Waals surface area contributed by atoms with Gasteiger partial charge in [-0.2, -0.15) is 0 Å². The third-order valence-electron chi connectivity index (χ3n) is 3.23. The lowest BCUT2D eigenvalue weighted by Crippen LogP contribution is -2.30. The van der Waals surface area contributed by atoms with Gasteiger partial charge in [0, 0.05) is 13.1 Å². The van der Waals surface area contributed by atoms with E-state index >= 15 is 0 Å². The molecule has 84 valence electrons. The molecule has 3 rings (SSSR count). The summed E-state index contributed by atoms with van der Waals surface area (Å²) in [7, 11) is 5.77. The van der Waals surface area contributed by atoms with Gasteiger partial charge in [0.1, 0.15) is 13.7 Å². The van der Waals surface area contributed by atoms with Crippen molar-refractivity contribution < 1.29 is 0 Å². The molecular weight excluding hydrogens is 209 g/mol. The normalized spacial score (nSPS) is 16.4. The van der Waals surface area contributed by atoms with Crippen molar-refractivity contribution in [3.8, 4) is 0 Å². The minimum Gasteiger partial charge on any atom is -0.355 e. The molecule has 1 aromatic carbocycles. The molecule has 0 aliphatic carbocycles. The van der Waals surface area contributed by atoms with Crippen LogP contribution in [0.1, 0.15) is 19.3 Å². The summed E-state index contributed by atoms with van der Waals surface area (Å²) in [4.78, 5) is 11.4. The second-order valence-corrected chi connectivity index (χ2v) is 4.52. The highest BCUT2D eigenvalue weighted by Gasteiger charge is 2.12. The summed E-state index contributed by atoms with van der Waals surface area (Å²) < 4.78 is 0. The van der Waals surface area contributed by atoms with Crippen LogP contribution in [0.25, 0.3) is 11.0 Å². The number of piperidine rings is 1. The van der Waals surface area contributed by atoms with Crippen LogP contribution in [0.5, 0.6) is 0 Å². The van der Waals surface area contributed by atoms with Crippen LogP contribution < -0.4 is 10.4 Å². The summed E-state index contributed by atoms with van der Waals surface area (Å²) in [5.41, 5.74) is 2.52. The third-order valence-corrected chi connectivity index (χ3v) is 3.23. The third kappa shape index (κ3) is 2.12. The molecule has 1 aliphatic rings. The molecule has 0 bridgehead atoms. The SMILES string of the molecule is [B]c1ccc2ncc(N3CCCCC3)nc2c1. The van der Waals surface area contributed by atoms with E-state index in [1.807, 2.05) is 24.4 Å². The van der Waals surface area contributed by atoms with Gasteiger partial charge in [-0.15, -0.1) is 0 Å². The van der Waals surface area contributed by atoms with E-state index in [2.05, 4.69) is 14.9 Å². The zero-order valence-electron chi connectivity index (χ0n) is 9.76. The minimum atomic E-state index is 0.739. The van der Waals surface area contributed by atoms with Gasteiger partial charge in [-0.25, -0.2) is 4.98 Å². The van der Waals surface area contributed by atoms with E-state index in [0.717, 1.165) is 35.4 Å². The Labute approximate surface area is 102 Å². The number of benzene rings is 1. The first-order valence-corrected chi connectivity index (χ1v) is 6.10. The van der Waals surface area contributed by atoms with Crippen molar-refractivity contribution in [1.29, 1.82) is 0 Å². The Hall–Kier alpha value is -1.58. The highest BCUT2D eigenvalue weighted by molar-refractivity contribution is 6.33. The summed E-state index contributed by atoms with van der Waals surface area (Å²) >= 11 is 0. The van der Waals surface area contributed by atoms with Crippen LogP contribution in [0.3, 0.4) is 0 Å². The van der Waals surface area contributed by atoms with E-state index in [4.69, 9.17) is 7.85 Å². The fourth-order valence-corrected chi connectivity index (χ4v) is 2.29. The highest BCUT2D eigenvalue weighted by atomic mass is 15.2. The molecule has 0 unspecified atom stereocenters. The zero-order chi connectivity index (χ0) is 11.7. The highest BCUT2D eigenvalue weighted by Crippen LogP contribution is 2.18.